The molecule has 1 fully saturated rings. The van der Waals surface area contributed by atoms with Crippen LogP contribution in [0.15, 0.2) is 11.1 Å². The molecule has 102 valence electrons. The van der Waals surface area contributed by atoms with Gasteiger partial charge in [0.25, 0.3) is 0 Å². The van der Waals surface area contributed by atoms with Crippen LogP contribution in [0.2, 0.25) is 0 Å². The van der Waals surface area contributed by atoms with Crippen LogP contribution in [0.1, 0.15) is 12.6 Å². The van der Waals surface area contributed by atoms with Gasteiger partial charge in [-0.15, -0.1) is 0 Å². The molecule has 3 heterocycles. The number of nitrogen functional groups attached to an aromatic ring is 1. The van der Waals surface area contributed by atoms with E-state index in [2.05, 4.69) is 15.0 Å². The Kier molecular flexibility index (Phi) is 2.73. The third-order valence-electron chi connectivity index (χ3n) is 3.11. The van der Waals surface area contributed by atoms with Gasteiger partial charge in [0.2, 0.25) is 5.95 Å². The smallest absolute Gasteiger partial charge is 0.302 e. The first-order valence-corrected chi connectivity index (χ1v) is 5.77. The van der Waals surface area contributed by atoms with E-state index < -0.39 is 24.0 Å². The fraction of sp³-hybridized carbons (Fsp3) is 0.500. The molecule has 1 saturated heterocycles. The largest absolute Gasteiger partial charge is 0.394 e. The van der Waals surface area contributed by atoms with Gasteiger partial charge in [-0.25, -0.2) is 4.98 Å². The molecule has 0 aromatic carbocycles. The Morgan fingerprint density at radius 2 is 2.42 bits per heavy atom. The lowest BCUT2D eigenvalue weighted by atomic mass is 10.2. The maximum atomic E-state index is 11.6. The number of hydrogen-bond acceptors (Lipinski definition) is 7. The van der Waals surface area contributed by atoms with Gasteiger partial charge in [0.05, 0.1) is 19.0 Å². The number of aromatic nitrogens is 4. The quantitative estimate of drug-likeness (QED) is 0.510. The summed E-state index contributed by atoms with van der Waals surface area (Å²) < 4.78 is 6.98. The van der Waals surface area contributed by atoms with Gasteiger partial charge in [-0.2, -0.15) is 4.98 Å². The topological polar surface area (TPSA) is 139 Å². The molecule has 3 atom stereocenters. The average molecular weight is 267 g/mol. The summed E-state index contributed by atoms with van der Waals surface area (Å²) in [5.41, 5.74) is 5.40. The lowest BCUT2D eigenvalue weighted by Gasteiger charge is -2.16. The number of aromatic amines is 1. The number of nitrogens with zero attached hydrogens (tertiary/aromatic N) is 3. The molecule has 2 aromatic rings. The van der Waals surface area contributed by atoms with Crippen molar-refractivity contribution in [2.45, 2.75) is 24.9 Å². The van der Waals surface area contributed by atoms with E-state index in [0.717, 1.165) is 0 Å². The standard InChI is InChI=1S/C10H13N5O4/c11-10-13-7-6(8(18)14-10)12-3-15(7)9-5(17)1-4(2-16)19-9/h3-5,9,16-17H,1-2H2,(H3,11,13,14,18)/t4-,5?,9-/m1/s1. The number of rotatable bonds is 2. The van der Waals surface area contributed by atoms with Gasteiger partial charge >= 0.3 is 5.56 Å². The number of imidazole rings is 1. The molecule has 0 amide bonds. The Labute approximate surface area is 106 Å². The van der Waals surface area contributed by atoms with Crippen molar-refractivity contribution in [3.05, 3.63) is 16.7 Å². The minimum absolute atomic E-state index is 0.0366. The maximum absolute atomic E-state index is 11.6. The zero-order valence-electron chi connectivity index (χ0n) is 9.85. The first-order chi connectivity index (χ1) is 9.10. The summed E-state index contributed by atoms with van der Waals surface area (Å²) >= 11 is 0. The summed E-state index contributed by atoms with van der Waals surface area (Å²) in [5, 5.41) is 19.0. The van der Waals surface area contributed by atoms with E-state index >= 15 is 0 Å². The highest BCUT2D eigenvalue weighted by Crippen LogP contribution is 2.30. The number of fused-ring (bicyclic) bond motifs is 1. The molecule has 1 unspecified atom stereocenters. The Morgan fingerprint density at radius 3 is 3.11 bits per heavy atom. The number of anilines is 1. The van der Waals surface area contributed by atoms with Gasteiger partial charge in [0.15, 0.2) is 11.7 Å². The number of H-pyrrole nitrogens is 1. The molecule has 0 bridgehead atoms. The van der Waals surface area contributed by atoms with Gasteiger partial charge in [0, 0.05) is 6.42 Å². The van der Waals surface area contributed by atoms with Crippen LogP contribution in [0.25, 0.3) is 11.2 Å². The van der Waals surface area contributed by atoms with E-state index in [1.807, 2.05) is 0 Å². The molecule has 0 radical (unpaired) electrons. The summed E-state index contributed by atoms with van der Waals surface area (Å²) in [4.78, 5) is 21.8. The summed E-state index contributed by atoms with van der Waals surface area (Å²) in [6, 6.07) is 0. The SMILES string of the molecule is Nc1nc(=O)c2ncn([C@@H]3O[C@@H](CO)CC3O)c2[nH]1. The van der Waals surface area contributed by atoms with Gasteiger partial charge < -0.3 is 25.7 Å². The van der Waals surface area contributed by atoms with Crippen LogP contribution in [0, 0.1) is 0 Å². The van der Waals surface area contributed by atoms with E-state index in [0.29, 0.717) is 12.1 Å². The zero-order valence-corrected chi connectivity index (χ0v) is 9.85. The van der Waals surface area contributed by atoms with Gasteiger partial charge in [-0.05, 0) is 0 Å². The van der Waals surface area contributed by atoms with Crippen LogP contribution in [0.3, 0.4) is 0 Å². The minimum atomic E-state index is -0.799. The van der Waals surface area contributed by atoms with Crippen LogP contribution in [-0.4, -0.2) is 48.5 Å². The highest BCUT2D eigenvalue weighted by Gasteiger charge is 2.35. The van der Waals surface area contributed by atoms with Crippen molar-refractivity contribution in [3.8, 4) is 0 Å². The number of nitrogens with two attached hydrogens (primary N) is 1. The highest BCUT2D eigenvalue weighted by atomic mass is 16.5. The molecule has 5 N–H and O–H groups in total. The van der Waals surface area contributed by atoms with Crippen molar-refractivity contribution < 1.29 is 14.9 Å². The Hall–Kier alpha value is -1.97. The molecular formula is C10H13N5O4. The molecule has 19 heavy (non-hydrogen) atoms. The molecular weight excluding hydrogens is 254 g/mol. The predicted molar refractivity (Wildman–Crippen MR) is 64.2 cm³/mol. The fourth-order valence-electron chi connectivity index (χ4n) is 2.24. The monoisotopic (exact) mass is 267 g/mol. The van der Waals surface area contributed by atoms with E-state index in [9.17, 15) is 9.90 Å². The second-order valence-corrected chi connectivity index (χ2v) is 4.41. The van der Waals surface area contributed by atoms with Gasteiger partial charge in [-0.3, -0.25) is 9.36 Å². The first kappa shape index (κ1) is 12.1. The summed E-state index contributed by atoms with van der Waals surface area (Å²) in [5.74, 6) is -0.0366. The third kappa shape index (κ3) is 1.87. The first-order valence-electron chi connectivity index (χ1n) is 5.77. The molecule has 0 saturated carbocycles. The second kappa shape index (κ2) is 4.30. The van der Waals surface area contributed by atoms with Crippen molar-refractivity contribution in [2.24, 2.45) is 0 Å². The Bertz CT molecular complexity index is 665. The van der Waals surface area contributed by atoms with E-state index in [4.69, 9.17) is 15.6 Å². The normalized spacial score (nSPS) is 27.2. The summed E-state index contributed by atoms with van der Waals surface area (Å²) in [6.45, 7) is -0.180. The maximum Gasteiger partial charge on any atom is 0.302 e. The number of aliphatic hydroxyl groups is 2. The molecule has 2 aromatic heterocycles. The molecule has 0 spiro atoms. The number of hydrogen-bond donors (Lipinski definition) is 4. The van der Waals surface area contributed by atoms with Gasteiger partial charge in [0.1, 0.15) is 11.8 Å². The predicted octanol–water partition coefficient (Wildman–Crippen LogP) is -1.66. The van der Waals surface area contributed by atoms with Crippen LogP contribution >= 0.6 is 0 Å². The lowest BCUT2D eigenvalue weighted by Crippen LogP contribution is -2.20. The Balaban J connectivity index is 2.09. The van der Waals surface area contributed by atoms with E-state index in [-0.39, 0.29) is 18.1 Å². The molecule has 9 nitrogen and oxygen atoms in total. The minimum Gasteiger partial charge on any atom is -0.394 e. The van der Waals surface area contributed by atoms with Crippen molar-refractivity contribution in [1.29, 1.82) is 0 Å². The highest BCUT2D eigenvalue weighted by molar-refractivity contribution is 5.70. The van der Waals surface area contributed by atoms with Crippen molar-refractivity contribution in [2.75, 3.05) is 12.3 Å². The average Bonchev–Trinajstić information content (AvgIpc) is 2.92. The van der Waals surface area contributed by atoms with E-state index in [1.54, 1.807) is 0 Å². The van der Waals surface area contributed by atoms with Crippen molar-refractivity contribution in [1.82, 2.24) is 19.5 Å². The number of ether oxygens (including phenoxy) is 1. The van der Waals surface area contributed by atoms with Crippen LogP contribution < -0.4 is 11.3 Å². The second-order valence-electron chi connectivity index (χ2n) is 4.41. The summed E-state index contributed by atoms with van der Waals surface area (Å²) in [6.07, 6.45) is -0.279. The lowest BCUT2D eigenvalue weighted by molar-refractivity contribution is -0.0486. The molecule has 1 aliphatic heterocycles. The number of nitrogens with one attached hydrogen (secondary N) is 1. The van der Waals surface area contributed by atoms with Crippen molar-refractivity contribution >= 4 is 17.1 Å². The number of aliphatic hydroxyl groups excluding tert-OH is 2. The van der Waals surface area contributed by atoms with Gasteiger partial charge in [-0.1, -0.05) is 0 Å². The van der Waals surface area contributed by atoms with E-state index in [1.165, 1.54) is 10.9 Å². The van der Waals surface area contributed by atoms with Crippen LogP contribution in [0.5, 0.6) is 0 Å². The zero-order chi connectivity index (χ0) is 13.6. The van der Waals surface area contributed by atoms with Crippen LogP contribution in [-0.2, 0) is 4.74 Å². The molecule has 3 rings (SSSR count). The molecule has 1 aliphatic rings. The molecule has 0 aliphatic carbocycles. The molecule has 9 heteroatoms. The fourth-order valence-corrected chi connectivity index (χ4v) is 2.24. The Morgan fingerprint density at radius 1 is 1.63 bits per heavy atom. The van der Waals surface area contributed by atoms with Crippen molar-refractivity contribution in [3.63, 3.8) is 0 Å². The third-order valence-corrected chi connectivity index (χ3v) is 3.11. The summed E-state index contributed by atoms with van der Waals surface area (Å²) in [7, 11) is 0. The van der Waals surface area contributed by atoms with Crippen LogP contribution in [0.4, 0.5) is 5.95 Å².